The molecule has 0 heterocycles. The molecule has 1 atom stereocenters. The molecule has 0 aliphatic carbocycles. The highest BCUT2D eigenvalue weighted by atomic mass is 16.5. The average molecular weight is 234 g/mol. The molecule has 0 N–H and O–H groups in total. The smallest absolute Gasteiger partial charge is 0.188 e. The zero-order chi connectivity index (χ0) is 13.0. The minimum absolute atomic E-state index is 0.0561. The molecule has 1 aromatic carbocycles. The zero-order valence-electron chi connectivity index (χ0n) is 11.4. The summed E-state index contributed by atoms with van der Waals surface area (Å²) in [4.78, 5) is 11.9. The van der Waals surface area contributed by atoms with Gasteiger partial charge in [0.1, 0.15) is 6.61 Å². The Kier molecular flexibility index (Phi) is 4.88. The number of hydrogen-bond donors (Lipinski definition) is 0. The molecule has 1 unspecified atom stereocenters. The Morgan fingerprint density at radius 2 is 1.82 bits per heavy atom. The lowest BCUT2D eigenvalue weighted by Gasteiger charge is -2.16. The Balaban J connectivity index is 2.61. The van der Waals surface area contributed by atoms with E-state index in [1.807, 2.05) is 39.0 Å². The molecule has 0 radical (unpaired) electrons. The van der Waals surface area contributed by atoms with Crippen molar-refractivity contribution in [2.75, 3.05) is 6.61 Å². The number of rotatable bonds is 5. The van der Waals surface area contributed by atoms with Crippen molar-refractivity contribution in [2.24, 2.45) is 5.92 Å². The van der Waals surface area contributed by atoms with Crippen molar-refractivity contribution < 1.29 is 9.53 Å². The fourth-order valence-electron chi connectivity index (χ4n) is 1.40. The molecular weight excluding hydrogens is 212 g/mol. The summed E-state index contributed by atoms with van der Waals surface area (Å²) in [6.07, 6.45) is 0.116. The van der Waals surface area contributed by atoms with Gasteiger partial charge in [-0.05, 0) is 43.9 Å². The normalized spacial score (nSPS) is 12.8. The number of ketones is 1. The number of ether oxygens (including phenoxy) is 1. The molecule has 0 amide bonds. The number of hydrogen-bond acceptors (Lipinski definition) is 2. The predicted molar refractivity (Wildman–Crippen MR) is 70.5 cm³/mol. The van der Waals surface area contributed by atoms with E-state index in [0.29, 0.717) is 5.92 Å². The summed E-state index contributed by atoms with van der Waals surface area (Å²) in [7, 11) is 0. The van der Waals surface area contributed by atoms with Crippen LogP contribution in [0.3, 0.4) is 0 Å². The van der Waals surface area contributed by atoms with Crippen molar-refractivity contribution in [3.8, 4) is 0 Å². The van der Waals surface area contributed by atoms with Gasteiger partial charge in [0.05, 0.1) is 6.10 Å². The van der Waals surface area contributed by atoms with Crippen LogP contribution in [-0.2, 0) is 4.74 Å². The number of aryl methyl sites for hydroxylation is 2. The third kappa shape index (κ3) is 3.97. The summed E-state index contributed by atoms with van der Waals surface area (Å²) in [5, 5.41) is 0. The van der Waals surface area contributed by atoms with E-state index in [9.17, 15) is 4.79 Å². The van der Waals surface area contributed by atoms with Gasteiger partial charge in [-0.1, -0.05) is 26.0 Å². The van der Waals surface area contributed by atoms with E-state index in [1.54, 1.807) is 0 Å². The number of carbonyl (C=O) groups excluding carboxylic acids is 1. The van der Waals surface area contributed by atoms with Gasteiger partial charge >= 0.3 is 0 Å². The molecule has 0 bridgehead atoms. The van der Waals surface area contributed by atoms with E-state index in [-0.39, 0.29) is 18.5 Å². The first-order valence-electron chi connectivity index (χ1n) is 6.14. The predicted octanol–water partition coefficient (Wildman–Crippen LogP) is 3.55. The van der Waals surface area contributed by atoms with Gasteiger partial charge < -0.3 is 4.74 Å². The Morgan fingerprint density at radius 3 is 2.35 bits per heavy atom. The van der Waals surface area contributed by atoms with Crippen LogP contribution in [0.25, 0.3) is 0 Å². The van der Waals surface area contributed by atoms with Crippen LogP contribution < -0.4 is 0 Å². The van der Waals surface area contributed by atoms with Gasteiger partial charge in [0.25, 0.3) is 0 Å². The van der Waals surface area contributed by atoms with E-state index in [2.05, 4.69) is 13.8 Å². The van der Waals surface area contributed by atoms with Crippen LogP contribution in [0.15, 0.2) is 18.2 Å². The van der Waals surface area contributed by atoms with Gasteiger partial charge in [-0.25, -0.2) is 0 Å². The molecule has 0 saturated carbocycles. The van der Waals surface area contributed by atoms with Gasteiger partial charge in [-0.2, -0.15) is 0 Å². The maximum atomic E-state index is 11.9. The summed E-state index contributed by atoms with van der Waals surface area (Å²) in [6, 6.07) is 5.78. The van der Waals surface area contributed by atoms with Crippen molar-refractivity contribution in [1.29, 1.82) is 0 Å². The second kappa shape index (κ2) is 5.97. The van der Waals surface area contributed by atoms with E-state index < -0.39 is 0 Å². The summed E-state index contributed by atoms with van der Waals surface area (Å²) in [5.74, 6) is 0.489. The molecule has 17 heavy (non-hydrogen) atoms. The fraction of sp³-hybridized carbons (Fsp3) is 0.533. The van der Waals surface area contributed by atoms with Crippen LogP contribution in [0.2, 0.25) is 0 Å². The van der Waals surface area contributed by atoms with E-state index in [0.717, 1.165) is 11.1 Å². The Morgan fingerprint density at radius 1 is 1.18 bits per heavy atom. The first-order valence-corrected chi connectivity index (χ1v) is 6.14. The van der Waals surface area contributed by atoms with Crippen molar-refractivity contribution in [3.05, 3.63) is 34.9 Å². The molecule has 0 saturated heterocycles. The maximum absolute atomic E-state index is 11.9. The van der Waals surface area contributed by atoms with Crippen LogP contribution in [0, 0.1) is 19.8 Å². The van der Waals surface area contributed by atoms with Crippen LogP contribution in [0.5, 0.6) is 0 Å². The average Bonchev–Trinajstić information content (AvgIpc) is 2.28. The second-order valence-electron chi connectivity index (χ2n) is 4.98. The van der Waals surface area contributed by atoms with Crippen LogP contribution in [0.4, 0.5) is 0 Å². The first kappa shape index (κ1) is 13.9. The topological polar surface area (TPSA) is 26.3 Å². The molecule has 94 valence electrons. The first-order chi connectivity index (χ1) is 7.91. The van der Waals surface area contributed by atoms with Gasteiger partial charge in [0, 0.05) is 5.56 Å². The van der Waals surface area contributed by atoms with Crippen molar-refractivity contribution in [2.45, 2.75) is 40.7 Å². The monoisotopic (exact) mass is 234 g/mol. The molecule has 1 rings (SSSR count). The molecular formula is C15H22O2. The molecule has 2 nitrogen and oxygen atoms in total. The van der Waals surface area contributed by atoms with Gasteiger partial charge in [-0.15, -0.1) is 0 Å². The minimum atomic E-state index is 0.0561. The maximum Gasteiger partial charge on any atom is 0.188 e. The molecule has 0 aliphatic heterocycles. The number of benzene rings is 1. The van der Waals surface area contributed by atoms with Crippen molar-refractivity contribution >= 4 is 5.78 Å². The van der Waals surface area contributed by atoms with Gasteiger partial charge in [0.2, 0.25) is 0 Å². The quantitative estimate of drug-likeness (QED) is 0.728. The lowest BCUT2D eigenvalue weighted by Crippen LogP contribution is -2.20. The third-order valence-corrected chi connectivity index (χ3v) is 3.25. The SMILES string of the molecule is Cc1ccc(C(=O)COC(C)C(C)C)cc1C. The second-order valence-corrected chi connectivity index (χ2v) is 4.98. The number of Topliss-reactive ketones (excluding diaryl/α,β-unsaturated/α-hetero) is 1. The van der Waals surface area contributed by atoms with Gasteiger partial charge in [-0.3, -0.25) is 4.79 Å². The Hall–Kier alpha value is -1.15. The van der Waals surface area contributed by atoms with Crippen molar-refractivity contribution in [1.82, 2.24) is 0 Å². The van der Waals surface area contributed by atoms with E-state index in [4.69, 9.17) is 4.74 Å². The largest absolute Gasteiger partial charge is 0.370 e. The van der Waals surface area contributed by atoms with E-state index >= 15 is 0 Å². The van der Waals surface area contributed by atoms with Crippen LogP contribution in [0.1, 0.15) is 42.3 Å². The van der Waals surface area contributed by atoms with E-state index in [1.165, 1.54) is 5.56 Å². The summed E-state index contributed by atoms with van der Waals surface area (Å²) >= 11 is 0. The summed E-state index contributed by atoms with van der Waals surface area (Å²) in [6.45, 7) is 10.4. The Bertz CT molecular complexity index is 394. The summed E-state index contributed by atoms with van der Waals surface area (Å²) in [5.41, 5.74) is 3.09. The molecule has 2 heteroatoms. The molecule has 0 aliphatic rings. The highest BCUT2D eigenvalue weighted by Gasteiger charge is 2.12. The summed E-state index contributed by atoms with van der Waals surface area (Å²) < 4.78 is 5.54. The third-order valence-electron chi connectivity index (χ3n) is 3.25. The Labute approximate surface area is 104 Å². The van der Waals surface area contributed by atoms with Crippen molar-refractivity contribution in [3.63, 3.8) is 0 Å². The van der Waals surface area contributed by atoms with Crippen LogP contribution >= 0.6 is 0 Å². The fourth-order valence-corrected chi connectivity index (χ4v) is 1.40. The molecule has 0 aromatic heterocycles. The zero-order valence-corrected chi connectivity index (χ0v) is 11.4. The molecule has 0 spiro atoms. The lowest BCUT2D eigenvalue weighted by molar-refractivity contribution is 0.0336. The highest BCUT2D eigenvalue weighted by molar-refractivity contribution is 5.97. The number of carbonyl (C=O) groups is 1. The van der Waals surface area contributed by atoms with Gasteiger partial charge in [0.15, 0.2) is 5.78 Å². The standard InChI is InChI=1S/C15H22O2/c1-10(2)13(5)17-9-15(16)14-7-6-11(3)12(4)8-14/h6-8,10,13H,9H2,1-5H3. The minimum Gasteiger partial charge on any atom is -0.370 e. The molecule has 1 aromatic rings. The van der Waals surface area contributed by atoms with Crippen LogP contribution in [-0.4, -0.2) is 18.5 Å². The highest BCUT2D eigenvalue weighted by Crippen LogP contribution is 2.12. The lowest BCUT2D eigenvalue weighted by atomic mass is 10.0. The molecule has 0 fully saturated rings.